The molecule has 12 heavy (non-hydrogen) atoms. The first-order valence-corrected chi connectivity index (χ1v) is 4.65. The molecule has 0 saturated carbocycles. The fraction of sp³-hybridized carbons (Fsp3) is 1.00. The first-order chi connectivity index (χ1) is 5.33. The van der Waals surface area contributed by atoms with Gasteiger partial charge in [0.2, 0.25) is 0 Å². The molecule has 1 atom stereocenters. The van der Waals surface area contributed by atoms with E-state index in [0.29, 0.717) is 11.5 Å². The molecule has 0 aromatic carbocycles. The third kappa shape index (κ3) is 1.61. The molecule has 1 unspecified atom stereocenters. The second-order valence-electron chi connectivity index (χ2n) is 3.90. The van der Waals surface area contributed by atoms with E-state index in [1.54, 1.807) is 0 Å². The topological polar surface area (TPSA) is 21.3 Å². The van der Waals surface area contributed by atoms with Crippen molar-refractivity contribution in [1.29, 1.82) is 0 Å². The second-order valence-corrected chi connectivity index (χ2v) is 3.90. The summed E-state index contributed by atoms with van der Waals surface area (Å²) in [4.78, 5) is 0. The lowest BCUT2D eigenvalue weighted by atomic mass is 9.75. The molecule has 2 nitrogen and oxygen atoms in total. The van der Waals surface area contributed by atoms with Gasteiger partial charge in [-0.2, -0.15) is 0 Å². The summed E-state index contributed by atoms with van der Waals surface area (Å²) in [7, 11) is 0. The Hall–Kier alpha value is 0.210. The van der Waals surface area contributed by atoms with E-state index >= 15 is 0 Å². The van der Waals surface area contributed by atoms with Crippen molar-refractivity contribution in [2.75, 3.05) is 19.8 Å². The molecule has 0 aromatic heterocycles. The fourth-order valence-corrected chi connectivity index (χ4v) is 2.43. The molecule has 1 spiro atoms. The van der Waals surface area contributed by atoms with Gasteiger partial charge in [-0.15, -0.1) is 12.4 Å². The van der Waals surface area contributed by atoms with E-state index in [9.17, 15) is 0 Å². The highest BCUT2D eigenvalue weighted by Crippen LogP contribution is 2.40. The van der Waals surface area contributed by atoms with Crippen LogP contribution in [0.25, 0.3) is 0 Å². The summed E-state index contributed by atoms with van der Waals surface area (Å²) in [5, 5.41) is 3.52. The number of ether oxygens (including phenoxy) is 1. The normalized spacial score (nSPS) is 33.2. The molecule has 2 rings (SSSR count). The largest absolute Gasteiger partial charge is 0.381 e. The Balaban J connectivity index is 0.000000720. The second kappa shape index (κ2) is 3.95. The monoisotopic (exact) mass is 191 g/mol. The number of nitrogens with one attached hydrogen (secondary N) is 1. The molecule has 3 heteroatoms. The minimum absolute atomic E-state index is 0. The number of rotatable bonds is 0. The molecule has 2 aliphatic rings. The van der Waals surface area contributed by atoms with E-state index in [2.05, 4.69) is 12.2 Å². The van der Waals surface area contributed by atoms with Crippen molar-refractivity contribution in [2.24, 2.45) is 5.41 Å². The van der Waals surface area contributed by atoms with Crippen LogP contribution >= 0.6 is 12.4 Å². The molecule has 0 radical (unpaired) electrons. The van der Waals surface area contributed by atoms with E-state index < -0.39 is 0 Å². The van der Waals surface area contributed by atoms with E-state index in [1.165, 1.54) is 25.8 Å². The van der Waals surface area contributed by atoms with Crippen molar-refractivity contribution in [1.82, 2.24) is 5.32 Å². The maximum absolute atomic E-state index is 5.38. The fourth-order valence-electron chi connectivity index (χ4n) is 2.43. The van der Waals surface area contributed by atoms with Crippen LogP contribution in [0, 0.1) is 5.41 Å². The zero-order valence-electron chi connectivity index (χ0n) is 7.64. The summed E-state index contributed by atoms with van der Waals surface area (Å²) < 4.78 is 5.38. The summed E-state index contributed by atoms with van der Waals surface area (Å²) in [5.41, 5.74) is 0.595. The molecule has 0 amide bonds. The lowest BCUT2D eigenvalue weighted by Crippen LogP contribution is -2.38. The predicted octanol–water partition coefficient (Wildman–Crippen LogP) is 1.59. The molecule has 2 heterocycles. The highest BCUT2D eigenvalue weighted by Gasteiger charge is 2.40. The third-order valence-electron chi connectivity index (χ3n) is 3.48. The number of hydrogen-bond donors (Lipinski definition) is 1. The zero-order valence-corrected chi connectivity index (χ0v) is 8.45. The van der Waals surface area contributed by atoms with Crippen LogP contribution in [0.5, 0.6) is 0 Å². The van der Waals surface area contributed by atoms with Gasteiger partial charge in [0, 0.05) is 19.3 Å². The van der Waals surface area contributed by atoms with Crippen molar-refractivity contribution in [3.63, 3.8) is 0 Å². The van der Waals surface area contributed by atoms with Gasteiger partial charge in [0.1, 0.15) is 0 Å². The molecule has 0 aliphatic carbocycles. The summed E-state index contributed by atoms with van der Waals surface area (Å²) in [6, 6.07) is 0.714. The van der Waals surface area contributed by atoms with Crippen molar-refractivity contribution in [3.05, 3.63) is 0 Å². The van der Waals surface area contributed by atoms with Gasteiger partial charge in [-0.3, -0.25) is 0 Å². The van der Waals surface area contributed by atoms with Gasteiger partial charge >= 0.3 is 0 Å². The van der Waals surface area contributed by atoms with Crippen LogP contribution in [0.4, 0.5) is 0 Å². The van der Waals surface area contributed by atoms with Crippen LogP contribution in [0.2, 0.25) is 0 Å². The Morgan fingerprint density at radius 1 is 1.25 bits per heavy atom. The Morgan fingerprint density at radius 2 is 1.92 bits per heavy atom. The summed E-state index contributed by atoms with van der Waals surface area (Å²) in [5.74, 6) is 0. The Kier molecular flexibility index (Phi) is 3.38. The predicted molar refractivity (Wildman–Crippen MR) is 51.8 cm³/mol. The van der Waals surface area contributed by atoms with Gasteiger partial charge in [-0.1, -0.05) is 0 Å². The van der Waals surface area contributed by atoms with Crippen molar-refractivity contribution >= 4 is 12.4 Å². The maximum Gasteiger partial charge on any atom is 0.0471 e. The van der Waals surface area contributed by atoms with Gasteiger partial charge in [0.25, 0.3) is 0 Å². The van der Waals surface area contributed by atoms with Gasteiger partial charge in [0.15, 0.2) is 0 Å². The smallest absolute Gasteiger partial charge is 0.0471 e. The van der Waals surface area contributed by atoms with Crippen molar-refractivity contribution in [3.8, 4) is 0 Å². The summed E-state index contributed by atoms with van der Waals surface area (Å²) in [6.07, 6.45) is 3.89. The number of halogens is 1. The average molecular weight is 192 g/mol. The molecule has 0 aromatic rings. The Bertz CT molecular complexity index is 145. The van der Waals surface area contributed by atoms with E-state index in [-0.39, 0.29) is 12.4 Å². The van der Waals surface area contributed by atoms with Gasteiger partial charge in [0.05, 0.1) is 0 Å². The van der Waals surface area contributed by atoms with Crippen molar-refractivity contribution in [2.45, 2.75) is 32.2 Å². The highest BCUT2D eigenvalue weighted by molar-refractivity contribution is 5.85. The first kappa shape index (κ1) is 10.3. The minimum Gasteiger partial charge on any atom is -0.381 e. The van der Waals surface area contributed by atoms with Gasteiger partial charge in [-0.25, -0.2) is 0 Å². The van der Waals surface area contributed by atoms with Crippen LogP contribution in [0.15, 0.2) is 0 Å². The molecule has 72 valence electrons. The molecular formula is C9H18ClNO. The highest BCUT2D eigenvalue weighted by atomic mass is 35.5. The SMILES string of the molecule is CC1NCCC12CCOCC2.Cl. The average Bonchev–Trinajstić information content (AvgIpc) is 2.36. The van der Waals surface area contributed by atoms with E-state index in [4.69, 9.17) is 4.74 Å². The van der Waals surface area contributed by atoms with Crippen LogP contribution in [-0.2, 0) is 4.74 Å². The van der Waals surface area contributed by atoms with E-state index in [0.717, 1.165) is 13.2 Å². The molecular weight excluding hydrogens is 174 g/mol. The Labute approximate surface area is 80.5 Å². The maximum atomic E-state index is 5.38. The van der Waals surface area contributed by atoms with Crippen molar-refractivity contribution < 1.29 is 4.74 Å². The molecule has 1 N–H and O–H groups in total. The van der Waals surface area contributed by atoms with Gasteiger partial charge < -0.3 is 10.1 Å². The van der Waals surface area contributed by atoms with Crippen LogP contribution in [0.1, 0.15) is 26.2 Å². The summed E-state index contributed by atoms with van der Waals surface area (Å²) >= 11 is 0. The Morgan fingerprint density at radius 3 is 2.42 bits per heavy atom. The molecule has 0 bridgehead atoms. The lowest BCUT2D eigenvalue weighted by Gasteiger charge is -2.36. The minimum atomic E-state index is 0. The van der Waals surface area contributed by atoms with Crippen LogP contribution in [0.3, 0.4) is 0 Å². The van der Waals surface area contributed by atoms with E-state index in [1.807, 2.05) is 0 Å². The summed E-state index contributed by atoms with van der Waals surface area (Å²) in [6.45, 7) is 5.48. The first-order valence-electron chi connectivity index (χ1n) is 4.65. The standard InChI is InChI=1S/C9H17NO.ClH/c1-8-9(2-5-10-8)3-6-11-7-4-9;/h8,10H,2-7H2,1H3;1H. The number of hydrogen-bond acceptors (Lipinski definition) is 2. The van der Waals surface area contributed by atoms with Crippen LogP contribution < -0.4 is 5.32 Å². The lowest BCUT2D eigenvalue weighted by molar-refractivity contribution is 0.0111. The van der Waals surface area contributed by atoms with Gasteiger partial charge in [-0.05, 0) is 38.1 Å². The molecule has 2 fully saturated rings. The zero-order chi connectivity index (χ0) is 7.73. The molecule has 2 aliphatic heterocycles. The quantitative estimate of drug-likeness (QED) is 0.628. The molecule has 2 saturated heterocycles. The third-order valence-corrected chi connectivity index (χ3v) is 3.48. The van der Waals surface area contributed by atoms with Crippen LogP contribution in [-0.4, -0.2) is 25.8 Å².